The summed E-state index contributed by atoms with van der Waals surface area (Å²) in [5.74, 6) is 0. The molecular formula is C5H8NO. The monoisotopic (exact) mass is 98.1 g/mol. The molecule has 0 spiro atoms. The number of morpholine rings is 1. The molecule has 0 aromatic carbocycles. The maximum absolute atomic E-state index is 7.04. The van der Waals surface area contributed by atoms with Gasteiger partial charge in [0, 0.05) is 19.5 Å². The van der Waals surface area contributed by atoms with Gasteiger partial charge in [-0.1, -0.05) is 0 Å². The van der Waals surface area contributed by atoms with Gasteiger partial charge in [-0.15, -0.1) is 0 Å². The molecule has 0 saturated carbocycles. The summed E-state index contributed by atoms with van der Waals surface area (Å²) in [6.07, 6.45) is 0. The van der Waals surface area contributed by atoms with E-state index < -0.39 is 0 Å². The zero-order valence-corrected chi connectivity index (χ0v) is 4.11. The lowest BCUT2D eigenvalue weighted by atomic mass is 10.3. The van der Waals surface area contributed by atoms with E-state index in [1.54, 1.807) is 0 Å². The molecule has 1 aliphatic heterocycles. The quantitative estimate of drug-likeness (QED) is 0.443. The second-order valence-corrected chi connectivity index (χ2v) is 1.58. The molecule has 7 heavy (non-hydrogen) atoms. The Kier molecular flexibility index (Phi) is 1.65. The van der Waals surface area contributed by atoms with E-state index in [0.717, 1.165) is 13.2 Å². The summed E-state index contributed by atoms with van der Waals surface area (Å²) in [7, 11) is 0. The van der Waals surface area contributed by atoms with Crippen LogP contribution >= 0.6 is 0 Å². The highest BCUT2D eigenvalue weighted by atomic mass is 16.5. The molecular weight excluding hydrogens is 90.1 g/mol. The first-order valence-electron chi connectivity index (χ1n) is 2.42. The summed E-state index contributed by atoms with van der Waals surface area (Å²) >= 11 is 0. The Morgan fingerprint density at radius 2 is 2.57 bits per heavy atom. The molecule has 1 heterocycles. The zero-order chi connectivity index (χ0) is 5.11. The van der Waals surface area contributed by atoms with Crippen molar-refractivity contribution in [2.24, 2.45) is 0 Å². The molecule has 3 radical (unpaired) electrons. The van der Waals surface area contributed by atoms with Gasteiger partial charge in [0.2, 0.25) is 0 Å². The van der Waals surface area contributed by atoms with Crippen LogP contribution in [0.1, 0.15) is 0 Å². The van der Waals surface area contributed by atoms with E-state index in [1.165, 1.54) is 0 Å². The second kappa shape index (κ2) is 2.28. The average Bonchev–Trinajstić information content (AvgIpc) is 1.69. The maximum Gasteiger partial charge on any atom is 0.0626 e. The van der Waals surface area contributed by atoms with Gasteiger partial charge in [0.15, 0.2) is 0 Å². The molecule has 1 N–H and O–H groups in total. The van der Waals surface area contributed by atoms with Crippen LogP contribution in [0.4, 0.5) is 0 Å². The molecule has 1 aliphatic rings. The normalized spacial score (nSPS) is 33.0. The van der Waals surface area contributed by atoms with E-state index in [-0.39, 0.29) is 6.04 Å². The smallest absolute Gasteiger partial charge is 0.0626 e. The molecule has 0 bridgehead atoms. The molecule has 1 rings (SSSR count). The van der Waals surface area contributed by atoms with Crippen molar-refractivity contribution in [3.63, 3.8) is 0 Å². The van der Waals surface area contributed by atoms with Crippen molar-refractivity contribution in [1.82, 2.24) is 5.32 Å². The van der Waals surface area contributed by atoms with Gasteiger partial charge in [0.05, 0.1) is 13.2 Å². The van der Waals surface area contributed by atoms with Crippen molar-refractivity contribution in [1.29, 1.82) is 0 Å². The fourth-order valence-electron chi connectivity index (χ4n) is 0.565. The maximum atomic E-state index is 7.04. The number of hydrogen-bond donors (Lipinski definition) is 1. The minimum atomic E-state index is -0.186. The summed E-state index contributed by atoms with van der Waals surface area (Å²) in [5.41, 5.74) is 0. The molecule has 0 aromatic heterocycles. The van der Waals surface area contributed by atoms with E-state index in [4.69, 9.17) is 11.7 Å². The second-order valence-electron chi connectivity index (χ2n) is 1.58. The van der Waals surface area contributed by atoms with Crippen molar-refractivity contribution < 1.29 is 4.74 Å². The lowest BCUT2D eigenvalue weighted by Crippen LogP contribution is -2.38. The van der Waals surface area contributed by atoms with Crippen molar-refractivity contribution in [2.75, 3.05) is 19.8 Å². The molecule has 2 nitrogen and oxygen atoms in total. The van der Waals surface area contributed by atoms with Crippen LogP contribution in [0.5, 0.6) is 0 Å². The minimum Gasteiger partial charge on any atom is -0.378 e. The third kappa shape index (κ3) is 1.45. The van der Waals surface area contributed by atoms with Gasteiger partial charge in [-0.3, -0.25) is 0 Å². The molecule has 1 fully saturated rings. The highest BCUT2D eigenvalue weighted by Gasteiger charge is 2.05. The van der Waals surface area contributed by atoms with Gasteiger partial charge in [-0.05, 0) is 0 Å². The highest BCUT2D eigenvalue weighted by Crippen LogP contribution is 1.87. The van der Waals surface area contributed by atoms with Crippen LogP contribution in [0.25, 0.3) is 0 Å². The molecule has 39 valence electrons. The van der Waals surface area contributed by atoms with E-state index in [0.29, 0.717) is 6.61 Å². The van der Waals surface area contributed by atoms with Crippen molar-refractivity contribution in [3.8, 4) is 0 Å². The number of nitrogens with one attached hydrogen (secondary N) is 1. The summed E-state index contributed by atoms with van der Waals surface area (Å²) in [4.78, 5) is 0. The van der Waals surface area contributed by atoms with Crippen LogP contribution in [-0.2, 0) is 4.74 Å². The standard InChI is InChI=1S/C5H8NO/c1-5-4-7-3-2-6-5/h5-6H,2-4H2. The van der Waals surface area contributed by atoms with Crippen LogP contribution in [-0.4, -0.2) is 25.8 Å². The van der Waals surface area contributed by atoms with Crippen molar-refractivity contribution >= 4 is 0 Å². The van der Waals surface area contributed by atoms with Crippen LogP contribution in [0.15, 0.2) is 0 Å². The van der Waals surface area contributed by atoms with E-state index >= 15 is 0 Å². The molecule has 0 aromatic rings. The van der Waals surface area contributed by atoms with Gasteiger partial charge in [-0.25, -0.2) is 0 Å². The first-order chi connectivity index (χ1) is 3.39. The number of ether oxygens (including phenoxy) is 1. The number of rotatable bonds is 0. The molecule has 1 atom stereocenters. The molecule has 2 heteroatoms. The largest absolute Gasteiger partial charge is 0.378 e. The Balaban J connectivity index is 2.12. The van der Waals surface area contributed by atoms with Crippen LogP contribution in [0.2, 0.25) is 0 Å². The summed E-state index contributed by atoms with van der Waals surface area (Å²) in [6.45, 7) is 9.16. The topological polar surface area (TPSA) is 21.3 Å². The van der Waals surface area contributed by atoms with Crippen molar-refractivity contribution in [3.05, 3.63) is 6.92 Å². The molecule has 0 amide bonds. The van der Waals surface area contributed by atoms with E-state index in [2.05, 4.69) is 5.32 Å². The predicted molar refractivity (Wildman–Crippen MR) is 25.9 cm³/mol. The fourth-order valence-corrected chi connectivity index (χ4v) is 0.565. The lowest BCUT2D eigenvalue weighted by Gasteiger charge is -2.18. The summed E-state index contributed by atoms with van der Waals surface area (Å²) in [6, 6.07) is -0.186. The molecule has 1 saturated heterocycles. The Morgan fingerprint density at radius 1 is 1.71 bits per heavy atom. The Hall–Kier alpha value is -0.0800. The highest BCUT2D eigenvalue weighted by molar-refractivity contribution is 4.70. The van der Waals surface area contributed by atoms with Gasteiger partial charge in [0.1, 0.15) is 0 Å². The van der Waals surface area contributed by atoms with Crippen LogP contribution < -0.4 is 5.32 Å². The minimum absolute atomic E-state index is 0.186. The third-order valence-corrected chi connectivity index (χ3v) is 0.922. The number of hydrogen-bond acceptors (Lipinski definition) is 2. The van der Waals surface area contributed by atoms with Gasteiger partial charge in [-0.2, -0.15) is 0 Å². The van der Waals surface area contributed by atoms with Crippen LogP contribution in [0, 0.1) is 6.92 Å². The Morgan fingerprint density at radius 3 is 2.86 bits per heavy atom. The van der Waals surface area contributed by atoms with Gasteiger partial charge in [0.25, 0.3) is 0 Å². The lowest BCUT2D eigenvalue weighted by molar-refractivity contribution is 0.0894. The third-order valence-electron chi connectivity index (χ3n) is 0.922. The summed E-state index contributed by atoms with van der Waals surface area (Å²) < 4.78 is 4.93. The van der Waals surface area contributed by atoms with E-state index in [9.17, 15) is 0 Å². The predicted octanol–water partition coefficient (Wildman–Crippen LogP) is -0.437. The average molecular weight is 98.1 g/mol. The molecule has 1 unspecified atom stereocenters. The zero-order valence-electron chi connectivity index (χ0n) is 4.11. The van der Waals surface area contributed by atoms with Gasteiger partial charge >= 0.3 is 0 Å². The first kappa shape index (κ1) is 5.06. The van der Waals surface area contributed by atoms with Crippen molar-refractivity contribution in [2.45, 2.75) is 6.04 Å². The SMILES string of the molecule is [C]C1COCCN1. The Bertz CT molecular complexity index is 50.0. The summed E-state index contributed by atoms with van der Waals surface area (Å²) in [5, 5.41) is 2.92. The van der Waals surface area contributed by atoms with E-state index in [1.807, 2.05) is 0 Å². The van der Waals surface area contributed by atoms with Crippen LogP contribution in [0.3, 0.4) is 0 Å². The van der Waals surface area contributed by atoms with Gasteiger partial charge < -0.3 is 10.1 Å². The first-order valence-corrected chi connectivity index (χ1v) is 2.42. The fraction of sp³-hybridized carbons (Fsp3) is 0.800. The molecule has 0 aliphatic carbocycles. The Labute approximate surface area is 43.9 Å².